The SMILES string of the molecule is CCOc1ccc(C2NC(=S)NC(C)=C2C(=O)Nc2cccnc2)cc1OC. The second kappa shape index (κ2) is 8.71. The lowest BCUT2D eigenvalue weighted by Gasteiger charge is -2.30. The number of hydrogen-bond acceptors (Lipinski definition) is 5. The average Bonchev–Trinajstić information content (AvgIpc) is 2.68. The van der Waals surface area contributed by atoms with E-state index in [1.54, 1.807) is 31.6 Å². The summed E-state index contributed by atoms with van der Waals surface area (Å²) in [5.74, 6) is 0.994. The van der Waals surface area contributed by atoms with Crippen LogP contribution in [0.1, 0.15) is 25.5 Å². The van der Waals surface area contributed by atoms with E-state index in [0.717, 1.165) is 5.56 Å². The van der Waals surface area contributed by atoms with Gasteiger partial charge in [0.25, 0.3) is 5.91 Å². The molecule has 0 radical (unpaired) electrons. The third-order valence-corrected chi connectivity index (χ3v) is 4.47. The normalized spacial score (nSPS) is 16.1. The molecule has 0 saturated carbocycles. The van der Waals surface area contributed by atoms with E-state index in [1.807, 2.05) is 32.0 Å². The minimum atomic E-state index is -0.435. The smallest absolute Gasteiger partial charge is 0.255 e. The lowest BCUT2D eigenvalue weighted by molar-refractivity contribution is -0.113. The number of pyridine rings is 1. The van der Waals surface area contributed by atoms with Crippen LogP contribution in [0.3, 0.4) is 0 Å². The fourth-order valence-electron chi connectivity index (χ4n) is 3.02. The molecule has 0 spiro atoms. The van der Waals surface area contributed by atoms with Crippen molar-refractivity contribution in [3.63, 3.8) is 0 Å². The van der Waals surface area contributed by atoms with Crippen molar-refractivity contribution in [2.45, 2.75) is 19.9 Å². The Hall–Kier alpha value is -3.13. The highest BCUT2D eigenvalue weighted by atomic mass is 32.1. The first kappa shape index (κ1) is 19.6. The fourth-order valence-corrected chi connectivity index (χ4v) is 3.29. The molecule has 1 aromatic heterocycles. The Kier molecular flexibility index (Phi) is 6.10. The molecular formula is C20H22N4O3S. The van der Waals surface area contributed by atoms with Crippen LogP contribution in [0.2, 0.25) is 0 Å². The van der Waals surface area contributed by atoms with Crippen molar-refractivity contribution >= 4 is 28.9 Å². The van der Waals surface area contributed by atoms with E-state index < -0.39 is 6.04 Å². The van der Waals surface area contributed by atoms with Gasteiger partial charge in [-0.15, -0.1) is 0 Å². The van der Waals surface area contributed by atoms with Crippen molar-refractivity contribution in [2.75, 3.05) is 19.0 Å². The van der Waals surface area contributed by atoms with Crippen LogP contribution in [-0.2, 0) is 4.79 Å². The zero-order chi connectivity index (χ0) is 20.1. The van der Waals surface area contributed by atoms with Crippen LogP contribution in [0.15, 0.2) is 54.0 Å². The average molecular weight is 398 g/mol. The molecule has 0 bridgehead atoms. The van der Waals surface area contributed by atoms with Gasteiger partial charge in [-0.2, -0.15) is 0 Å². The Balaban J connectivity index is 1.96. The number of rotatable bonds is 6. The van der Waals surface area contributed by atoms with E-state index in [0.29, 0.717) is 40.2 Å². The number of thiocarbonyl (C=S) groups is 1. The minimum Gasteiger partial charge on any atom is -0.493 e. The van der Waals surface area contributed by atoms with Crippen molar-refractivity contribution < 1.29 is 14.3 Å². The topological polar surface area (TPSA) is 84.5 Å². The first-order valence-corrected chi connectivity index (χ1v) is 9.24. The zero-order valence-electron chi connectivity index (χ0n) is 15.9. The first-order valence-electron chi connectivity index (χ1n) is 8.84. The summed E-state index contributed by atoms with van der Waals surface area (Å²) in [6.07, 6.45) is 3.24. The molecule has 1 aromatic carbocycles. The maximum Gasteiger partial charge on any atom is 0.255 e. The van der Waals surface area contributed by atoms with Gasteiger partial charge < -0.3 is 25.4 Å². The maximum absolute atomic E-state index is 13.0. The van der Waals surface area contributed by atoms with Gasteiger partial charge in [-0.1, -0.05) is 6.07 Å². The number of anilines is 1. The second-order valence-corrected chi connectivity index (χ2v) is 6.52. The highest BCUT2D eigenvalue weighted by Gasteiger charge is 2.30. The number of nitrogens with zero attached hydrogens (tertiary/aromatic N) is 1. The van der Waals surface area contributed by atoms with Gasteiger partial charge in [-0.3, -0.25) is 9.78 Å². The number of methoxy groups -OCH3 is 1. The molecule has 3 N–H and O–H groups in total. The van der Waals surface area contributed by atoms with Gasteiger partial charge >= 0.3 is 0 Å². The maximum atomic E-state index is 13.0. The molecule has 0 aliphatic carbocycles. The molecule has 1 unspecified atom stereocenters. The van der Waals surface area contributed by atoms with Crippen molar-refractivity contribution in [3.8, 4) is 11.5 Å². The molecule has 1 amide bonds. The summed E-state index contributed by atoms with van der Waals surface area (Å²) < 4.78 is 11.0. The molecule has 1 aliphatic rings. The summed E-state index contributed by atoms with van der Waals surface area (Å²) >= 11 is 5.30. The van der Waals surface area contributed by atoms with Crippen molar-refractivity contribution in [2.24, 2.45) is 0 Å². The summed E-state index contributed by atoms with van der Waals surface area (Å²) in [4.78, 5) is 17.0. The molecule has 0 saturated heterocycles. The van der Waals surface area contributed by atoms with E-state index >= 15 is 0 Å². The van der Waals surface area contributed by atoms with E-state index in [4.69, 9.17) is 21.7 Å². The van der Waals surface area contributed by atoms with Crippen LogP contribution in [0, 0.1) is 0 Å². The Labute approximate surface area is 169 Å². The molecule has 1 atom stereocenters. The van der Waals surface area contributed by atoms with Crippen LogP contribution in [0.25, 0.3) is 0 Å². The minimum absolute atomic E-state index is 0.245. The second-order valence-electron chi connectivity index (χ2n) is 6.11. The Morgan fingerprint density at radius 1 is 1.32 bits per heavy atom. The van der Waals surface area contributed by atoms with Crippen LogP contribution >= 0.6 is 12.2 Å². The number of nitrogens with one attached hydrogen (secondary N) is 3. The van der Waals surface area contributed by atoms with Gasteiger partial charge in [0, 0.05) is 11.9 Å². The molecular weight excluding hydrogens is 376 g/mol. The Morgan fingerprint density at radius 3 is 2.82 bits per heavy atom. The Morgan fingerprint density at radius 2 is 2.14 bits per heavy atom. The lowest BCUT2D eigenvalue weighted by Crippen LogP contribution is -2.45. The number of carbonyl (C=O) groups is 1. The highest BCUT2D eigenvalue weighted by Crippen LogP contribution is 2.34. The number of aromatic nitrogens is 1. The predicted molar refractivity (Wildman–Crippen MR) is 111 cm³/mol. The predicted octanol–water partition coefficient (Wildman–Crippen LogP) is 2.92. The van der Waals surface area contributed by atoms with Gasteiger partial charge in [0.05, 0.1) is 37.2 Å². The number of carbonyl (C=O) groups excluding carboxylic acids is 1. The van der Waals surface area contributed by atoms with Crippen LogP contribution in [0.5, 0.6) is 11.5 Å². The largest absolute Gasteiger partial charge is 0.493 e. The Bertz CT molecular complexity index is 915. The van der Waals surface area contributed by atoms with Gasteiger partial charge in [0.1, 0.15) is 0 Å². The molecule has 3 rings (SSSR count). The van der Waals surface area contributed by atoms with Crippen molar-refractivity contribution in [1.29, 1.82) is 0 Å². The summed E-state index contributed by atoms with van der Waals surface area (Å²) in [5, 5.41) is 9.53. The van der Waals surface area contributed by atoms with E-state index in [-0.39, 0.29) is 5.91 Å². The van der Waals surface area contributed by atoms with Crippen LogP contribution < -0.4 is 25.4 Å². The molecule has 8 heteroatoms. The number of amides is 1. The van der Waals surface area contributed by atoms with E-state index in [9.17, 15) is 4.79 Å². The third kappa shape index (κ3) is 4.23. The monoisotopic (exact) mass is 398 g/mol. The fraction of sp³-hybridized carbons (Fsp3) is 0.250. The quantitative estimate of drug-likeness (QED) is 0.645. The van der Waals surface area contributed by atoms with E-state index in [2.05, 4.69) is 20.9 Å². The van der Waals surface area contributed by atoms with E-state index in [1.165, 1.54) is 0 Å². The van der Waals surface area contributed by atoms with Crippen LogP contribution in [0.4, 0.5) is 5.69 Å². The highest BCUT2D eigenvalue weighted by molar-refractivity contribution is 7.80. The molecule has 1 aliphatic heterocycles. The van der Waals surface area contributed by atoms with Gasteiger partial charge in [-0.25, -0.2) is 0 Å². The first-order chi connectivity index (χ1) is 13.5. The van der Waals surface area contributed by atoms with Gasteiger partial charge in [0.15, 0.2) is 16.6 Å². The number of hydrogen-bond donors (Lipinski definition) is 3. The van der Waals surface area contributed by atoms with Crippen LogP contribution in [-0.4, -0.2) is 29.7 Å². The number of allylic oxidation sites excluding steroid dienone is 1. The summed E-state index contributed by atoms with van der Waals surface area (Å²) in [7, 11) is 1.58. The molecule has 2 heterocycles. The van der Waals surface area contributed by atoms with Gasteiger partial charge in [-0.05, 0) is 55.9 Å². The third-order valence-electron chi connectivity index (χ3n) is 4.25. The molecule has 146 valence electrons. The standard InChI is InChI=1S/C20H22N4O3S/c1-4-27-15-8-7-13(10-16(15)26-3)18-17(12(2)22-20(28)24-18)19(25)23-14-6-5-9-21-11-14/h5-11,18H,4H2,1-3H3,(H,23,25)(H2,22,24,28). The molecule has 7 nitrogen and oxygen atoms in total. The number of ether oxygens (including phenoxy) is 2. The zero-order valence-corrected chi connectivity index (χ0v) is 16.7. The summed E-state index contributed by atoms with van der Waals surface area (Å²) in [5.41, 5.74) is 2.66. The molecule has 2 aromatic rings. The van der Waals surface area contributed by atoms with Gasteiger partial charge in [0.2, 0.25) is 0 Å². The number of benzene rings is 1. The molecule has 0 fully saturated rings. The molecule has 28 heavy (non-hydrogen) atoms. The van der Waals surface area contributed by atoms with Crippen molar-refractivity contribution in [1.82, 2.24) is 15.6 Å². The van der Waals surface area contributed by atoms with Crippen molar-refractivity contribution in [3.05, 3.63) is 59.6 Å². The summed E-state index contributed by atoms with van der Waals surface area (Å²) in [6, 6.07) is 8.68. The lowest BCUT2D eigenvalue weighted by atomic mass is 9.94. The summed E-state index contributed by atoms with van der Waals surface area (Å²) in [6.45, 7) is 4.26.